The number of thioether (sulfide) groups is 1. The van der Waals surface area contributed by atoms with E-state index in [4.69, 9.17) is 15.2 Å². The summed E-state index contributed by atoms with van der Waals surface area (Å²) in [5, 5.41) is 19.1. The van der Waals surface area contributed by atoms with Gasteiger partial charge in [0.25, 0.3) is 0 Å². The molecule has 0 bridgehead atoms. The molecule has 2 aliphatic heterocycles. The Morgan fingerprint density at radius 1 is 1.11 bits per heavy atom. The van der Waals surface area contributed by atoms with Crippen LogP contribution in [0, 0.1) is 33.5 Å². The Morgan fingerprint density at radius 2 is 1.89 bits per heavy atom. The van der Waals surface area contributed by atoms with Crippen LogP contribution in [0.15, 0.2) is 59.6 Å². The van der Waals surface area contributed by atoms with Crippen LogP contribution in [0.4, 0.5) is 0 Å². The molecule has 2 N–H and O–H groups in total. The summed E-state index contributed by atoms with van der Waals surface area (Å²) in [5.41, 5.74) is 4.74. The quantitative estimate of drug-likeness (QED) is 0.864. The van der Waals surface area contributed by atoms with Gasteiger partial charge < -0.3 is 15.2 Å². The van der Waals surface area contributed by atoms with E-state index in [1.807, 2.05) is 54.6 Å². The predicted octanol–water partition coefficient (Wildman–Crippen LogP) is 3.38. The number of benzene rings is 2. The molecule has 3 aliphatic rings. The lowest BCUT2D eigenvalue weighted by molar-refractivity contribution is 0.0200. The molecule has 0 radical (unpaired) electrons. The van der Waals surface area contributed by atoms with E-state index < -0.39 is 21.8 Å². The van der Waals surface area contributed by atoms with E-state index in [1.54, 1.807) is 0 Å². The first-order chi connectivity index (χ1) is 13.6. The van der Waals surface area contributed by atoms with E-state index in [0.717, 1.165) is 5.56 Å². The average Bonchev–Trinajstić information content (AvgIpc) is 2.98. The SMILES string of the molecule is N#C[C@@]12[C@H](c3cccc(Oc4ccccc4)c3)[C@]1(C#N)C(N)=N[C@@]21OCCS1. The van der Waals surface area contributed by atoms with E-state index in [2.05, 4.69) is 17.1 Å². The molecular weight excluding hydrogens is 372 g/mol. The maximum absolute atomic E-state index is 10.2. The van der Waals surface area contributed by atoms with Gasteiger partial charge in [-0.2, -0.15) is 10.5 Å². The number of nitriles is 2. The van der Waals surface area contributed by atoms with E-state index in [1.165, 1.54) is 11.8 Å². The van der Waals surface area contributed by atoms with Crippen molar-refractivity contribution in [2.45, 2.75) is 11.0 Å². The molecule has 2 aromatic carbocycles. The zero-order valence-electron chi connectivity index (χ0n) is 14.8. The molecule has 28 heavy (non-hydrogen) atoms. The molecule has 1 aliphatic carbocycles. The van der Waals surface area contributed by atoms with E-state index in [0.29, 0.717) is 23.9 Å². The second-order valence-corrected chi connectivity index (χ2v) is 8.29. The van der Waals surface area contributed by atoms with Crippen LogP contribution in [0.1, 0.15) is 11.5 Å². The molecule has 138 valence electrons. The van der Waals surface area contributed by atoms with Gasteiger partial charge in [0.2, 0.25) is 5.06 Å². The fourth-order valence-electron chi connectivity index (χ4n) is 4.60. The number of nitrogens with two attached hydrogens (primary N) is 1. The minimum Gasteiger partial charge on any atom is -0.457 e. The first kappa shape index (κ1) is 17.1. The number of para-hydroxylation sites is 1. The van der Waals surface area contributed by atoms with Gasteiger partial charge in [-0.1, -0.05) is 42.1 Å². The molecule has 1 saturated carbocycles. The lowest BCUT2D eigenvalue weighted by atomic mass is 9.95. The van der Waals surface area contributed by atoms with Gasteiger partial charge in [-0.3, -0.25) is 0 Å². The Balaban J connectivity index is 1.58. The van der Waals surface area contributed by atoms with Crippen LogP contribution in [0.2, 0.25) is 0 Å². The summed E-state index contributed by atoms with van der Waals surface area (Å²) in [6.45, 7) is 0.482. The fraction of sp³-hybridized carbons (Fsp3) is 0.286. The Labute approximate surface area is 166 Å². The van der Waals surface area contributed by atoms with Crippen molar-refractivity contribution in [3.8, 4) is 23.6 Å². The van der Waals surface area contributed by atoms with Gasteiger partial charge in [0.15, 0.2) is 5.41 Å². The maximum Gasteiger partial charge on any atom is 0.230 e. The number of hydrogen-bond acceptors (Lipinski definition) is 7. The van der Waals surface area contributed by atoms with Crippen LogP contribution in [0.5, 0.6) is 11.5 Å². The van der Waals surface area contributed by atoms with Crippen LogP contribution >= 0.6 is 11.8 Å². The molecule has 2 aromatic rings. The van der Waals surface area contributed by atoms with Gasteiger partial charge in [-0.25, -0.2) is 4.99 Å². The highest BCUT2D eigenvalue weighted by molar-refractivity contribution is 8.00. The highest BCUT2D eigenvalue weighted by Gasteiger charge is 2.93. The molecule has 6 nitrogen and oxygen atoms in total. The summed E-state index contributed by atoms with van der Waals surface area (Å²) in [4.78, 5) is 4.46. The predicted molar refractivity (Wildman–Crippen MR) is 105 cm³/mol. The van der Waals surface area contributed by atoms with Gasteiger partial charge in [0.05, 0.1) is 18.7 Å². The number of ether oxygens (including phenoxy) is 2. The summed E-state index contributed by atoms with van der Waals surface area (Å²) in [7, 11) is 0. The Bertz CT molecular complexity index is 1070. The van der Waals surface area contributed by atoms with Crippen molar-refractivity contribution in [1.29, 1.82) is 10.5 Å². The number of rotatable bonds is 3. The third-order valence-corrected chi connectivity index (χ3v) is 7.07. The van der Waals surface area contributed by atoms with Gasteiger partial charge in [0, 0.05) is 11.7 Å². The van der Waals surface area contributed by atoms with Crippen molar-refractivity contribution in [3.63, 3.8) is 0 Å². The van der Waals surface area contributed by atoms with Crippen molar-refractivity contribution in [3.05, 3.63) is 60.2 Å². The second kappa shape index (κ2) is 5.75. The van der Waals surface area contributed by atoms with Crippen molar-refractivity contribution < 1.29 is 9.47 Å². The van der Waals surface area contributed by atoms with Crippen LogP contribution in [0.25, 0.3) is 0 Å². The smallest absolute Gasteiger partial charge is 0.230 e. The first-order valence-corrected chi connectivity index (χ1v) is 9.91. The Hall–Kier alpha value is -3.00. The molecular formula is C21H16N4O2S. The minimum absolute atomic E-state index is 0.185. The van der Waals surface area contributed by atoms with E-state index in [-0.39, 0.29) is 5.84 Å². The van der Waals surface area contributed by atoms with Crippen LogP contribution in [0.3, 0.4) is 0 Å². The molecule has 1 saturated heterocycles. The highest BCUT2D eigenvalue weighted by Crippen LogP contribution is 2.84. The number of aliphatic imine (C=N–C) groups is 1. The van der Waals surface area contributed by atoms with Crippen LogP contribution in [-0.4, -0.2) is 23.3 Å². The molecule has 2 fully saturated rings. The van der Waals surface area contributed by atoms with Gasteiger partial charge in [0.1, 0.15) is 22.7 Å². The Morgan fingerprint density at radius 3 is 2.57 bits per heavy atom. The average molecular weight is 388 g/mol. The van der Waals surface area contributed by atoms with Crippen molar-refractivity contribution in [2.24, 2.45) is 21.6 Å². The fourth-order valence-corrected chi connectivity index (χ4v) is 5.93. The molecule has 0 amide bonds. The minimum atomic E-state index is -1.18. The van der Waals surface area contributed by atoms with E-state index in [9.17, 15) is 10.5 Å². The summed E-state index contributed by atoms with van der Waals surface area (Å²) in [5.74, 6) is 1.83. The van der Waals surface area contributed by atoms with Crippen LogP contribution in [-0.2, 0) is 4.74 Å². The lowest BCUT2D eigenvalue weighted by Gasteiger charge is -2.26. The van der Waals surface area contributed by atoms with E-state index >= 15 is 0 Å². The monoisotopic (exact) mass is 388 g/mol. The zero-order chi connectivity index (χ0) is 19.4. The van der Waals surface area contributed by atoms with Gasteiger partial charge >= 0.3 is 0 Å². The molecule has 1 spiro atoms. The van der Waals surface area contributed by atoms with Crippen molar-refractivity contribution in [2.75, 3.05) is 12.4 Å². The number of amidine groups is 1. The summed E-state index contributed by atoms with van der Waals surface area (Å²) in [6.07, 6.45) is 0. The molecule has 2 heterocycles. The molecule has 7 heteroatoms. The third-order valence-electron chi connectivity index (χ3n) is 5.78. The van der Waals surface area contributed by atoms with Crippen molar-refractivity contribution >= 4 is 17.6 Å². The molecule has 0 unspecified atom stereocenters. The molecule has 5 rings (SSSR count). The van der Waals surface area contributed by atoms with Gasteiger partial charge in [-0.15, -0.1) is 0 Å². The standard InChI is InChI=1S/C21H16N4O2S/c22-12-19-17(20(19,13-23)21(25-18(19)24)26-9-10-28-21)14-5-4-8-16(11-14)27-15-6-2-1-3-7-15/h1-8,11,17H,9-10H2,(H2,24,25)/t17-,19-,20-,21-/m1/s1. The van der Waals surface area contributed by atoms with Crippen molar-refractivity contribution in [1.82, 2.24) is 0 Å². The third kappa shape index (κ3) is 1.88. The summed E-state index contributed by atoms with van der Waals surface area (Å²) < 4.78 is 11.8. The number of fused-ring (bicyclic) bond motifs is 2. The number of nitrogens with zero attached hydrogens (tertiary/aromatic N) is 3. The zero-order valence-corrected chi connectivity index (χ0v) is 15.6. The normalized spacial score (nSPS) is 34.9. The second-order valence-electron chi connectivity index (χ2n) is 7.04. The molecule has 4 atom stereocenters. The first-order valence-electron chi connectivity index (χ1n) is 8.93. The lowest BCUT2D eigenvalue weighted by Crippen LogP contribution is -2.34. The number of hydrogen-bond donors (Lipinski definition) is 1. The Kier molecular flexibility index (Phi) is 3.51. The largest absolute Gasteiger partial charge is 0.457 e. The maximum atomic E-state index is 10.2. The highest BCUT2D eigenvalue weighted by atomic mass is 32.2. The summed E-state index contributed by atoms with van der Waals surface area (Å²) in [6, 6.07) is 21.6. The summed E-state index contributed by atoms with van der Waals surface area (Å²) >= 11 is 1.45. The molecule has 0 aromatic heterocycles. The van der Waals surface area contributed by atoms with Crippen LogP contribution < -0.4 is 10.5 Å². The van der Waals surface area contributed by atoms with Gasteiger partial charge in [-0.05, 0) is 29.8 Å². The topological polar surface area (TPSA) is 104 Å².